The average molecular weight is 333 g/mol. The number of aliphatic imine (C=N–C) groups is 1. The smallest absolute Gasteiger partial charge is 0.191 e. The Kier molecular flexibility index (Phi) is 6.69. The SMILES string of the molecule is CN=C(NCc1ccc(COC)cc1)NCc1cc(F)ccc1F. The third-order valence-electron chi connectivity index (χ3n) is 3.47. The number of halogens is 2. The number of hydrogen-bond acceptors (Lipinski definition) is 2. The lowest BCUT2D eigenvalue weighted by molar-refractivity contribution is 0.185. The van der Waals surface area contributed by atoms with Crippen LogP contribution in [0.3, 0.4) is 0 Å². The molecule has 0 aliphatic heterocycles. The van der Waals surface area contributed by atoms with E-state index in [9.17, 15) is 8.78 Å². The van der Waals surface area contributed by atoms with Crippen LogP contribution >= 0.6 is 0 Å². The standard InChI is InChI=1S/C18H21F2N3O/c1-21-18(23-11-15-9-16(19)7-8-17(15)20)22-10-13-3-5-14(6-4-13)12-24-2/h3-9H,10-12H2,1-2H3,(H2,21,22,23). The van der Waals surface area contributed by atoms with Crippen LogP contribution in [0.5, 0.6) is 0 Å². The van der Waals surface area contributed by atoms with Crippen molar-refractivity contribution in [3.05, 3.63) is 70.8 Å². The second-order valence-corrected chi connectivity index (χ2v) is 5.26. The molecule has 0 amide bonds. The van der Waals surface area contributed by atoms with Crippen molar-refractivity contribution in [1.29, 1.82) is 0 Å². The Hall–Kier alpha value is -2.47. The predicted octanol–water partition coefficient (Wildman–Crippen LogP) is 2.98. The highest BCUT2D eigenvalue weighted by molar-refractivity contribution is 5.79. The highest BCUT2D eigenvalue weighted by Gasteiger charge is 2.05. The molecule has 0 fully saturated rings. The molecule has 2 aromatic carbocycles. The molecule has 2 aromatic rings. The molecule has 2 rings (SSSR count). The molecule has 0 aliphatic carbocycles. The molecule has 0 heterocycles. The maximum atomic E-state index is 13.6. The molecule has 24 heavy (non-hydrogen) atoms. The summed E-state index contributed by atoms with van der Waals surface area (Å²) in [5.41, 5.74) is 2.43. The zero-order valence-corrected chi connectivity index (χ0v) is 13.8. The second-order valence-electron chi connectivity index (χ2n) is 5.26. The largest absolute Gasteiger partial charge is 0.380 e. The van der Waals surface area contributed by atoms with E-state index < -0.39 is 11.6 Å². The monoisotopic (exact) mass is 333 g/mol. The van der Waals surface area contributed by atoms with Gasteiger partial charge >= 0.3 is 0 Å². The molecular weight excluding hydrogens is 312 g/mol. The summed E-state index contributed by atoms with van der Waals surface area (Å²) in [6, 6.07) is 11.4. The fourth-order valence-corrected chi connectivity index (χ4v) is 2.18. The first kappa shape index (κ1) is 17.9. The minimum absolute atomic E-state index is 0.149. The summed E-state index contributed by atoms with van der Waals surface area (Å²) in [5, 5.41) is 6.10. The fraction of sp³-hybridized carbons (Fsp3) is 0.278. The maximum absolute atomic E-state index is 13.6. The van der Waals surface area contributed by atoms with Gasteiger partial charge in [-0.1, -0.05) is 24.3 Å². The van der Waals surface area contributed by atoms with E-state index in [1.807, 2.05) is 24.3 Å². The summed E-state index contributed by atoms with van der Waals surface area (Å²) in [6.07, 6.45) is 0. The highest BCUT2D eigenvalue weighted by atomic mass is 19.1. The molecule has 0 atom stereocenters. The molecule has 6 heteroatoms. The molecule has 0 radical (unpaired) electrons. The van der Waals surface area contributed by atoms with Gasteiger partial charge in [0.25, 0.3) is 0 Å². The van der Waals surface area contributed by atoms with Crippen LogP contribution in [0.25, 0.3) is 0 Å². The van der Waals surface area contributed by atoms with Gasteiger partial charge in [-0.15, -0.1) is 0 Å². The summed E-state index contributed by atoms with van der Waals surface area (Å²) < 4.78 is 31.8. The number of nitrogens with one attached hydrogen (secondary N) is 2. The minimum Gasteiger partial charge on any atom is -0.380 e. The Labute approximate surface area is 140 Å². The van der Waals surface area contributed by atoms with E-state index in [0.29, 0.717) is 19.1 Å². The zero-order chi connectivity index (χ0) is 17.4. The van der Waals surface area contributed by atoms with Gasteiger partial charge in [-0.05, 0) is 29.3 Å². The van der Waals surface area contributed by atoms with Crippen LogP contribution in [0, 0.1) is 11.6 Å². The summed E-state index contributed by atoms with van der Waals surface area (Å²) >= 11 is 0. The van der Waals surface area contributed by atoms with Gasteiger partial charge in [0.15, 0.2) is 5.96 Å². The normalized spacial score (nSPS) is 11.4. The molecular formula is C18H21F2N3O. The van der Waals surface area contributed by atoms with Crippen molar-refractivity contribution in [2.75, 3.05) is 14.2 Å². The molecule has 0 saturated heterocycles. The summed E-state index contributed by atoms with van der Waals surface area (Å²) in [7, 11) is 3.28. The number of guanidine groups is 1. The molecule has 128 valence electrons. The van der Waals surface area contributed by atoms with Gasteiger partial charge in [-0.3, -0.25) is 4.99 Å². The van der Waals surface area contributed by atoms with E-state index in [4.69, 9.17) is 4.74 Å². The quantitative estimate of drug-likeness (QED) is 0.631. The third-order valence-corrected chi connectivity index (χ3v) is 3.47. The molecule has 0 saturated carbocycles. The van der Waals surface area contributed by atoms with E-state index in [2.05, 4.69) is 15.6 Å². The Morgan fingerprint density at radius 1 is 1.00 bits per heavy atom. The van der Waals surface area contributed by atoms with Crippen LogP contribution in [0.1, 0.15) is 16.7 Å². The van der Waals surface area contributed by atoms with Crippen molar-refractivity contribution in [3.8, 4) is 0 Å². The Bertz CT molecular complexity index is 687. The Balaban J connectivity index is 1.87. The number of nitrogens with zero attached hydrogens (tertiary/aromatic N) is 1. The van der Waals surface area contributed by atoms with Gasteiger partial charge < -0.3 is 15.4 Å². The van der Waals surface area contributed by atoms with Gasteiger partial charge in [0.1, 0.15) is 11.6 Å². The van der Waals surface area contributed by atoms with Crippen LogP contribution in [-0.2, 0) is 24.4 Å². The molecule has 2 N–H and O–H groups in total. The van der Waals surface area contributed by atoms with Gasteiger partial charge in [-0.2, -0.15) is 0 Å². The van der Waals surface area contributed by atoms with Crippen molar-refractivity contribution >= 4 is 5.96 Å². The van der Waals surface area contributed by atoms with Gasteiger partial charge in [0.05, 0.1) is 6.61 Å². The second kappa shape index (κ2) is 8.98. The van der Waals surface area contributed by atoms with Crippen LogP contribution in [0.2, 0.25) is 0 Å². The fourth-order valence-electron chi connectivity index (χ4n) is 2.18. The first-order valence-corrected chi connectivity index (χ1v) is 7.57. The van der Waals surface area contributed by atoms with E-state index in [0.717, 1.165) is 23.3 Å². The number of hydrogen-bond donors (Lipinski definition) is 2. The molecule has 0 unspecified atom stereocenters. The number of methoxy groups -OCH3 is 1. The van der Waals surface area contributed by atoms with Crippen molar-refractivity contribution in [1.82, 2.24) is 10.6 Å². The lowest BCUT2D eigenvalue weighted by atomic mass is 10.1. The van der Waals surface area contributed by atoms with E-state index >= 15 is 0 Å². The van der Waals surface area contributed by atoms with Crippen molar-refractivity contribution in [2.24, 2.45) is 4.99 Å². The van der Waals surface area contributed by atoms with Crippen LogP contribution in [0.4, 0.5) is 8.78 Å². The summed E-state index contributed by atoms with van der Waals surface area (Å²) in [5.74, 6) is -0.403. The number of rotatable bonds is 6. The molecule has 4 nitrogen and oxygen atoms in total. The van der Waals surface area contributed by atoms with Gasteiger partial charge in [0, 0.05) is 32.8 Å². The van der Waals surface area contributed by atoms with Crippen LogP contribution in [0.15, 0.2) is 47.5 Å². The first-order chi connectivity index (χ1) is 11.6. The molecule has 0 bridgehead atoms. The minimum atomic E-state index is -0.465. The van der Waals surface area contributed by atoms with E-state index in [-0.39, 0.29) is 12.1 Å². The number of ether oxygens (including phenoxy) is 1. The van der Waals surface area contributed by atoms with Crippen molar-refractivity contribution in [2.45, 2.75) is 19.7 Å². The van der Waals surface area contributed by atoms with Crippen molar-refractivity contribution < 1.29 is 13.5 Å². The molecule has 0 spiro atoms. The summed E-state index contributed by atoms with van der Waals surface area (Å²) in [6.45, 7) is 1.30. The zero-order valence-electron chi connectivity index (χ0n) is 13.8. The number of benzene rings is 2. The lowest BCUT2D eigenvalue weighted by Crippen LogP contribution is -2.36. The van der Waals surface area contributed by atoms with Gasteiger partial charge in [0.2, 0.25) is 0 Å². The topological polar surface area (TPSA) is 45.7 Å². The first-order valence-electron chi connectivity index (χ1n) is 7.57. The van der Waals surface area contributed by atoms with Gasteiger partial charge in [-0.25, -0.2) is 8.78 Å². The van der Waals surface area contributed by atoms with Crippen LogP contribution < -0.4 is 10.6 Å². The Morgan fingerprint density at radius 3 is 2.33 bits per heavy atom. The lowest BCUT2D eigenvalue weighted by Gasteiger charge is -2.13. The predicted molar refractivity (Wildman–Crippen MR) is 90.6 cm³/mol. The van der Waals surface area contributed by atoms with Crippen LogP contribution in [-0.4, -0.2) is 20.1 Å². The Morgan fingerprint density at radius 2 is 1.67 bits per heavy atom. The third kappa shape index (κ3) is 5.31. The molecule has 0 aliphatic rings. The van der Waals surface area contributed by atoms with Crippen molar-refractivity contribution in [3.63, 3.8) is 0 Å². The molecule has 0 aromatic heterocycles. The summed E-state index contributed by atoms with van der Waals surface area (Å²) in [4.78, 5) is 4.08. The highest BCUT2D eigenvalue weighted by Crippen LogP contribution is 2.09. The average Bonchev–Trinajstić information content (AvgIpc) is 2.59. The maximum Gasteiger partial charge on any atom is 0.191 e. The van der Waals surface area contributed by atoms with E-state index in [1.54, 1.807) is 14.2 Å². The van der Waals surface area contributed by atoms with E-state index in [1.165, 1.54) is 6.07 Å².